The highest BCUT2D eigenvalue weighted by atomic mass is 35.5. The molecule has 1 aromatic rings. The summed E-state index contributed by atoms with van der Waals surface area (Å²) in [7, 11) is -2.38. The van der Waals surface area contributed by atoms with Crippen LogP contribution in [0.3, 0.4) is 0 Å². The Kier molecular flexibility index (Phi) is 4.47. The van der Waals surface area contributed by atoms with Gasteiger partial charge in [0.2, 0.25) is 0 Å². The molecule has 0 aliphatic carbocycles. The minimum Gasteiger partial charge on any atom is -0.465 e. The minimum atomic E-state index is -3.60. The molecule has 0 N–H and O–H groups in total. The summed E-state index contributed by atoms with van der Waals surface area (Å²) in [4.78, 5) is 15.0. The molecule has 1 aromatic heterocycles. The van der Waals surface area contributed by atoms with Crippen molar-refractivity contribution >= 4 is 27.4 Å². The highest BCUT2D eigenvalue weighted by Crippen LogP contribution is 2.16. The molecule has 0 aromatic carbocycles. The lowest BCUT2D eigenvalue weighted by Gasteiger charge is -2.09. The van der Waals surface area contributed by atoms with Crippen molar-refractivity contribution in [3.8, 4) is 0 Å². The lowest BCUT2D eigenvalue weighted by Crippen LogP contribution is -2.21. The molecule has 94 valence electrons. The van der Waals surface area contributed by atoms with Crippen LogP contribution in [0, 0.1) is 0 Å². The Bertz CT molecular complexity index is 515. The first-order chi connectivity index (χ1) is 7.93. The molecule has 0 aliphatic rings. The average molecular weight is 278 g/mol. The molecule has 7 heteroatoms. The van der Waals surface area contributed by atoms with E-state index in [2.05, 4.69) is 9.72 Å². The van der Waals surface area contributed by atoms with Crippen LogP contribution in [0.1, 0.15) is 17.3 Å². The van der Waals surface area contributed by atoms with Crippen LogP contribution in [-0.4, -0.2) is 37.6 Å². The summed E-state index contributed by atoms with van der Waals surface area (Å²) in [6.45, 7) is 1.48. The molecule has 0 amide bonds. The Labute approximate surface area is 105 Å². The summed E-state index contributed by atoms with van der Waals surface area (Å²) in [5, 5.41) is -0.932. The lowest BCUT2D eigenvalue weighted by molar-refractivity contribution is 0.0600. The number of alkyl halides is 1. The normalized spacial score (nSPS) is 13.1. The zero-order valence-corrected chi connectivity index (χ0v) is 11.0. The Hall–Kier alpha value is -1.14. The van der Waals surface area contributed by atoms with Gasteiger partial charge in [0.15, 0.2) is 14.9 Å². The van der Waals surface area contributed by atoms with Gasteiger partial charge >= 0.3 is 5.97 Å². The summed E-state index contributed by atoms with van der Waals surface area (Å²) >= 11 is 5.52. The Balaban J connectivity index is 3.21. The lowest BCUT2D eigenvalue weighted by atomic mass is 10.3. The molecule has 1 unspecified atom stereocenters. The predicted octanol–water partition coefficient (Wildman–Crippen LogP) is 1.27. The van der Waals surface area contributed by atoms with Crippen LogP contribution in [0.15, 0.2) is 23.4 Å². The molecule has 0 bridgehead atoms. The molecule has 5 nitrogen and oxygen atoms in total. The van der Waals surface area contributed by atoms with Gasteiger partial charge < -0.3 is 4.74 Å². The van der Waals surface area contributed by atoms with Gasteiger partial charge in [0.1, 0.15) is 0 Å². The molecule has 0 radical (unpaired) electrons. The summed E-state index contributed by atoms with van der Waals surface area (Å²) in [6, 6.07) is 2.57. The maximum absolute atomic E-state index is 11.9. The number of pyridine rings is 1. The van der Waals surface area contributed by atoms with E-state index >= 15 is 0 Å². The number of aromatic nitrogens is 1. The maximum Gasteiger partial charge on any atom is 0.338 e. The molecule has 0 spiro atoms. The van der Waals surface area contributed by atoms with Crippen LogP contribution >= 0.6 is 11.6 Å². The number of sulfone groups is 1. The fourth-order valence-electron chi connectivity index (χ4n) is 1.10. The number of carbonyl (C=O) groups excluding carboxylic acids is 1. The number of methoxy groups -OCH3 is 1. The van der Waals surface area contributed by atoms with Gasteiger partial charge in [-0.2, -0.15) is 0 Å². The summed E-state index contributed by atoms with van der Waals surface area (Å²) < 4.78 is 28.4. The maximum atomic E-state index is 11.9. The van der Waals surface area contributed by atoms with E-state index in [0.29, 0.717) is 0 Å². The van der Waals surface area contributed by atoms with Crippen LogP contribution in [-0.2, 0) is 14.6 Å². The van der Waals surface area contributed by atoms with Crippen LogP contribution in [0.5, 0.6) is 0 Å². The van der Waals surface area contributed by atoms with Gasteiger partial charge in [0.05, 0.1) is 17.9 Å². The molecular weight excluding hydrogens is 266 g/mol. The number of hydrogen-bond donors (Lipinski definition) is 0. The van der Waals surface area contributed by atoms with E-state index in [1.165, 1.54) is 32.4 Å². The van der Waals surface area contributed by atoms with Gasteiger partial charge in [-0.25, -0.2) is 18.2 Å². The van der Waals surface area contributed by atoms with Gasteiger partial charge in [0.25, 0.3) is 0 Å². The van der Waals surface area contributed by atoms with Crippen LogP contribution < -0.4 is 0 Å². The fraction of sp³-hybridized carbons (Fsp3) is 0.400. The fourth-order valence-corrected chi connectivity index (χ4v) is 2.67. The minimum absolute atomic E-state index is 0.0353. The number of carbonyl (C=O) groups is 1. The number of hydrogen-bond acceptors (Lipinski definition) is 5. The summed E-state index contributed by atoms with van der Waals surface area (Å²) in [5.41, 5.74) is 0.142. The van der Waals surface area contributed by atoms with E-state index in [-0.39, 0.29) is 16.5 Å². The molecule has 0 saturated carbocycles. The van der Waals surface area contributed by atoms with E-state index in [0.717, 1.165) is 0 Å². The van der Waals surface area contributed by atoms with Crippen LogP contribution in [0.25, 0.3) is 0 Å². The van der Waals surface area contributed by atoms with Gasteiger partial charge in [-0.1, -0.05) is 0 Å². The highest BCUT2D eigenvalue weighted by Gasteiger charge is 2.24. The average Bonchev–Trinajstić information content (AvgIpc) is 2.36. The summed E-state index contributed by atoms with van der Waals surface area (Å²) in [5.74, 6) is -0.644. The third-order valence-corrected chi connectivity index (χ3v) is 4.87. The van der Waals surface area contributed by atoms with E-state index in [1.54, 1.807) is 0 Å². The van der Waals surface area contributed by atoms with Crippen molar-refractivity contribution in [2.24, 2.45) is 0 Å². The second kappa shape index (κ2) is 5.46. The topological polar surface area (TPSA) is 73.3 Å². The van der Waals surface area contributed by atoms with Gasteiger partial charge in [-0.3, -0.25) is 0 Å². The molecule has 1 rings (SSSR count). The number of ether oxygens (including phenoxy) is 1. The molecule has 0 aliphatic heterocycles. The second-order valence-electron chi connectivity index (χ2n) is 3.38. The first-order valence-corrected chi connectivity index (χ1v) is 6.85. The standard InChI is InChI=1S/C10H12ClNO4S/c1-7(6-11)17(14,15)9-5-8(3-4-12-9)10(13)16-2/h3-5,7H,6H2,1-2H3. The number of nitrogens with zero attached hydrogens (tertiary/aromatic N) is 1. The second-order valence-corrected chi connectivity index (χ2v) is 6.01. The first-order valence-electron chi connectivity index (χ1n) is 4.77. The van der Waals surface area contributed by atoms with Gasteiger partial charge in [-0.15, -0.1) is 11.6 Å². The zero-order valence-electron chi connectivity index (χ0n) is 9.38. The molecule has 0 fully saturated rings. The zero-order chi connectivity index (χ0) is 13.1. The molecule has 0 saturated heterocycles. The van der Waals surface area contributed by atoms with Crippen molar-refractivity contribution in [3.05, 3.63) is 23.9 Å². The molecule has 1 heterocycles. The molecular formula is C10H12ClNO4S. The van der Waals surface area contributed by atoms with E-state index < -0.39 is 21.1 Å². The summed E-state index contributed by atoms with van der Waals surface area (Å²) in [6.07, 6.45) is 1.25. The SMILES string of the molecule is COC(=O)c1ccnc(S(=O)(=O)C(C)CCl)c1. The molecule has 1 atom stereocenters. The number of halogens is 1. The van der Waals surface area contributed by atoms with Crippen LogP contribution in [0.2, 0.25) is 0 Å². The monoisotopic (exact) mass is 277 g/mol. The van der Waals surface area contributed by atoms with Crippen molar-refractivity contribution in [1.82, 2.24) is 4.98 Å². The van der Waals surface area contributed by atoms with Crippen molar-refractivity contribution in [2.45, 2.75) is 17.2 Å². The van der Waals surface area contributed by atoms with Crippen molar-refractivity contribution < 1.29 is 17.9 Å². The number of rotatable bonds is 4. The van der Waals surface area contributed by atoms with Crippen molar-refractivity contribution in [2.75, 3.05) is 13.0 Å². The van der Waals surface area contributed by atoms with Crippen molar-refractivity contribution in [3.63, 3.8) is 0 Å². The highest BCUT2D eigenvalue weighted by molar-refractivity contribution is 7.92. The third-order valence-electron chi connectivity index (χ3n) is 2.19. The van der Waals surface area contributed by atoms with Gasteiger partial charge in [-0.05, 0) is 19.1 Å². The van der Waals surface area contributed by atoms with E-state index in [9.17, 15) is 13.2 Å². The van der Waals surface area contributed by atoms with Gasteiger partial charge in [0, 0.05) is 12.1 Å². The Morgan fingerprint density at radius 2 is 2.24 bits per heavy atom. The largest absolute Gasteiger partial charge is 0.465 e. The smallest absolute Gasteiger partial charge is 0.338 e. The van der Waals surface area contributed by atoms with E-state index in [1.807, 2.05) is 0 Å². The first kappa shape index (κ1) is 13.9. The Morgan fingerprint density at radius 1 is 1.59 bits per heavy atom. The third kappa shape index (κ3) is 2.95. The number of esters is 1. The van der Waals surface area contributed by atoms with Crippen LogP contribution in [0.4, 0.5) is 0 Å². The Morgan fingerprint density at radius 3 is 2.76 bits per heavy atom. The quantitative estimate of drug-likeness (QED) is 0.612. The predicted molar refractivity (Wildman–Crippen MR) is 62.9 cm³/mol. The van der Waals surface area contributed by atoms with E-state index in [4.69, 9.17) is 11.6 Å². The molecule has 17 heavy (non-hydrogen) atoms. The van der Waals surface area contributed by atoms with Crippen molar-refractivity contribution in [1.29, 1.82) is 0 Å².